The largest absolute Gasteiger partial charge is 0.368 e. The average molecular weight is 252 g/mol. The summed E-state index contributed by atoms with van der Waals surface area (Å²) in [5.41, 5.74) is 5.77. The summed E-state index contributed by atoms with van der Waals surface area (Å²) in [6.07, 6.45) is 2.49. The van der Waals surface area contributed by atoms with Crippen molar-refractivity contribution in [3.8, 4) is 0 Å². The second kappa shape index (κ2) is 6.96. The highest BCUT2D eigenvalue weighted by Gasteiger charge is 2.17. The van der Waals surface area contributed by atoms with E-state index in [1.54, 1.807) is 36.0 Å². The summed E-state index contributed by atoms with van der Waals surface area (Å²) in [5, 5.41) is 2.64. The van der Waals surface area contributed by atoms with Crippen LogP contribution in [0.25, 0.3) is 0 Å². The van der Waals surface area contributed by atoms with Gasteiger partial charge >= 0.3 is 0 Å². The maximum atomic E-state index is 11.8. The normalized spacial score (nSPS) is 11.8. The number of nitrogens with two attached hydrogens (primary N) is 1. The standard InChI is InChI=1S/C12H16N2O2S/c1-17-8-7-10(11(13)15)14-12(16)9-5-3-2-4-6-9/h2-6,10H,7-8H2,1H3,(H2,13,15)(H,14,16)/t10-/m0/s1. The van der Waals surface area contributed by atoms with E-state index in [0.29, 0.717) is 12.0 Å². The topological polar surface area (TPSA) is 72.2 Å². The van der Waals surface area contributed by atoms with Crippen LogP contribution in [0.2, 0.25) is 0 Å². The van der Waals surface area contributed by atoms with Crippen molar-refractivity contribution in [2.45, 2.75) is 12.5 Å². The van der Waals surface area contributed by atoms with Gasteiger partial charge in [0, 0.05) is 5.56 Å². The number of primary amides is 1. The van der Waals surface area contributed by atoms with Crippen LogP contribution in [0.1, 0.15) is 16.8 Å². The van der Waals surface area contributed by atoms with E-state index < -0.39 is 11.9 Å². The summed E-state index contributed by atoms with van der Waals surface area (Å²) in [6, 6.07) is 8.17. The first-order valence-corrected chi connectivity index (χ1v) is 6.68. The molecule has 1 rings (SSSR count). The summed E-state index contributed by atoms with van der Waals surface area (Å²) in [4.78, 5) is 23.0. The van der Waals surface area contributed by atoms with Gasteiger partial charge < -0.3 is 11.1 Å². The van der Waals surface area contributed by atoms with Crippen molar-refractivity contribution in [3.05, 3.63) is 35.9 Å². The van der Waals surface area contributed by atoms with Crippen molar-refractivity contribution < 1.29 is 9.59 Å². The quantitative estimate of drug-likeness (QED) is 0.794. The Morgan fingerprint density at radius 3 is 2.53 bits per heavy atom. The SMILES string of the molecule is CSCC[C@H](NC(=O)c1ccccc1)C(N)=O. The molecule has 0 aliphatic heterocycles. The van der Waals surface area contributed by atoms with Crippen molar-refractivity contribution in [1.29, 1.82) is 0 Å². The minimum Gasteiger partial charge on any atom is -0.368 e. The van der Waals surface area contributed by atoms with E-state index >= 15 is 0 Å². The number of thioether (sulfide) groups is 1. The molecular weight excluding hydrogens is 236 g/mol. The molecule has 0 radical (unpaired) electrons. The minimum atomic E-state index is -0.602. The molecule has 0 bridgehead atoms. The molecule has 3 N–H and O–H groups in total. The Labute approximate surface area is 105 Å². The number of hydrogen-bond donors (Lipinski definition) is 2. The van der Waals surface area contributed by atoms with Crippen LogP contribution in [0.4, 0.5) is 0 Å². The molecular formula is C12H16N2O2S. The zero-order chi connectivity index (χ0) is 12.7. The zero-order valence-electron chi connectivity index (χ0n) is 9.68. The van der Waals surface area contributed by atoms with Crippen LogP contribution in [0.15, 0.2) is 30.3 Å². The summed E-state index contributed by atoms with van der Waals surface area (Å²) in [7, 11) is 0. The van der Waals surface area contributed by atoms with Gasteiger partial charge in [-0.1, -0.05) is 18.2 Å². The number of carbonyl (C=O) groups is 2. The van der Waals surface area contributed by atoms with Crippen LogP contribution in [-0.2, 0) is 4.79 Å². The van der Waals surface area contributed by atoms with E-state index in [1.807, 2.05) is 12.3 Å². The average Bonchev–Trinajstić information content (AvgIpc) is 2.35. The zero-order valence-corrected chi connectivity index (χ0v) is 10.5. The van der Waals surface area contributed by atoms with Gasteiger partial charge in [0.25, 0.3) is 5.91 Å². The lowest BCUT2D eigenvalue weighted by molar-refractivity contribution is -0.119. The number of amides is 2. The number of nitrogens with one attached hydrogen (secondary N) is 1. The van der Waals surface area contributed by atoms with Crippen LogP contribution in [0.5, 0.6) is 0 Å². The third kappa shape index (κ3) is 4.48. The molecule has 0 spiro atoms. The van der Waals surface area contributed by atoms with Gasteiger partial charge in [0.2, 0.25) is 5.91 Å². The fraction of sp³-hybridized carbons (Fsp3) is 0.333. The van der Waals surface area contributed by atoms with Crippen LogP contribution in [-0.4, -0.2) is 29.9 Å². The second-order valence-electron chi connectivity index (χ2n) is 3.58. The van der Waals surface area contributed by atoms with E-state index in [2.05, 4.69) is 5.32 Å². The van der Waals surface area contributed by atoms with Gasteiger partial charge in [0.1, 0.15) is 6.04 Å². The molecule has 0 unspecified atom stereocenters. The summed E-state index contributed by atoms with van der Waals surface area (Å²) in [6.45, 7) is 0. The maximum absolute atomic E-state index is 11.8. The predicted octanol–water partition coefficient (Wildman–Crippen LogP) is 1.02. The lowest BCUT2D eigenvalue weighted by Gasteiger charge is -2.14. The molecule has 92 valence electrons. The molecule has 1 aromatic carbocycles. The third-order valence-electron chi connectivity index (χ3n) is 2.30. The van der Waals surface area contributed by atoms with Gasteiger partial charge in [-0.3, -0.25) is 9.59 Å². The van der Waals surface area contributed by atoms with Crippen LogP contribution >= 0.6 is 11.8 Å². The van der Waals surface area contributed by atoms with Crippen LogP contribution < -0.4 is 11.1 Å². The lowest BCUT2D eigenvalue weighted by atomic mass is 10.1. The predicted molar refractivity (Wildman–Crippen MR) is 69.9 cm³/mol. The molecule has 0 aliphatic carbocycles. The fourth-order valence-electron chi connectivity index (χ4n) is 1.35. The van der Waals surface area contributed by atoms with Gasteiger partial charge in [0.05, 0.1) is 0 Å². The summed E-state index contributed by atoms with van der Waals surface area (Å²) >= 11 is 1.61. The Bertz CT molecular complexity index is 381. The molecule has 0 heterocycles. The van der Waals surface area contributed by atoms with Crippen molar-refractivity contribution in [3.63, 3.8) is 0 Å². The van der Waals surface area contributed by atoms with Crippen molar-refractivity contribution in [2.75, 3.05) is 12.0 Å². The van der Waals surface area contributed by atoms with E-state index in [-0.39, 0.29) is 5.91 Å². The van der Waals surface area contributed by atoms with Gasteiger partial charge in [-0.25, -0.2) is 0 Å². The van der Waals surface area contributed by atoms with Crippen LogP contribution in [0, 0.1) is 0 Å². The number of rotatable bonds is 6. The Morgan fingerprint density at radius 2 is 2.00 bits per heavy atom. The molecule has 0 aliphatic rings. The highest BCUT2D eigenvalue weighted by atomic mass is 32.2. The van der Waals surface area contributed by atoms with Gasteiger partial charge in [-0.2, -0.15) is 11.8 Å². The first kappa shape index (κ1) is 13.6. The smallest absolute Gasteiger partial charge is 0.251 e. The summed E-state index contributed by atoms with van der Waals surface area (Å²) in [5.74, 6) is 0.0155. The van der Waals surface area contributed by atoms with E-state index in [4.69, 9.17) is 5.73 Å². The number of benzene rings is 1. The molecule has 2 amide bonds. The monoisotopic (exact) mass is 252 g/mol. The highest BCUT2D eigenvalue weighted by molar-refractivity contribution is 7.98. The molecule has 0 fully saturated rings. The number of carbonyl (C=O) groups excluding carboxylic acids is 2. The molecule has 0 saturated carbocycles. The van der Waals surface area contributed by atoms with Crippen molar-refractivity contribution in [1.82, 2.24) is 5.32 Å². The molecule has 1 atom stereocenters. The molecule has 5 heteroatoms. The van der Waals surface area contributed by atoms with E-state index in [0.717, 1.165) is 5.75 Å². The third-order valence-corrected chi connectivity index (χ3v) is 2.94. The first-order valence-electron chi connectivity index (χ1n) is 5.29. The first-order chi connectivity index (χ1) is 8.15. The second-order valence-corrected chi connectivity index (χ2v) is 4.56. The summed E-state index contributed by atoms with van der Waals surface area (Å²) < 4.78 is 0. The van der Waals surface area contributed by atoms with E-state index in [9.17, 15) is 9.59 Å². The van der Waals surface area contributed by atoms with E-state index in [1.165, 1.54) is 0 Å². The minimum absolute atomic E-state index is 0.268. The Morgan fingerprint density at radius 1 is 1.35 bits per heavy atom. The van der Waals surface area contributed by atoms with Gasteiger partial charge in [-0.15, -0.1) is 0 Å². The van der Waals surface area contributed by atoms with Gasteiger partial charge in [-0.05, 0) is 30.6 Å². The van der Waals surface area contributed by atoms with Crippen LogP contribution in [0.3, 0.4) is 0 Å². The van der Waals surface area contributed by atoms with Crippen molar-refractivity contribution >= 4 is 23.6 Å². The number of hydrogen-bond acceptors (Lipinski definition) is 3. The molecule has 4 nitrogen and oxygen atoms in total. The Hall–Kier alpha value is -1.49. The molecule has 0 saturated heterocycles. The highest BCUT2D eigenvalue weighted by Crippen LogP contribution is 2.03. The van der Waals surface area contributed by atoms with Crippen molar-refractivity contribution in [2.24, 2.45) is 5.73 Å². The molecule has 17 heavy (non-hydrogen) atoms. The maximum Gasteiger partial charge on any atom is 0.251 e. The lowest BCUT2D eigenvalue weighted by Crippen LogP contribution is -2.44. The Kier molecular flexibility index (Phi) is 5.56. The fourth-order valence-corrected chi connectivity index (χ4v) is 1.82. The molecule has 0 aromatic heterocycles. The Balaban J connectivity index is 2.61. The molecule has 1 aromatic rings. The van der Waals surface area contributed by atoms with Gasteiger partial charge in [0.15, 0.2) is 0 Å².